The third-order valence-electron chi connectivity index (χ3n) is 6.21. The molecule has 0 aliphatic heterocycles. The van der Waals surface area contributed by atoms with Crippen molar-refractivity contribution in [1.82, 2.24) is 10.2 Å². The van der Waals surface area contributed by atoms with Crippen molar-refractivity contribution in [3.63, 3.8) is 0 Å². The van der Waals surface area contributed by atoms with Crippen molar-refractivity contribution in [1.29, 1.82) is 0 Å². The van der Waals surface area contributed by atoms with Crippen LogP contribution in [0.25, 0.3) is 0 Å². The Bertz CT molecular complexity index is 1400. The third kappa shape index (κ3) is 6.44. The van der Waals surface area contributed by atoms with Crippen molar-refractivity contribution in [2.75, 3.05) is 17.9 Å². The number of benzene rings is 3. The summed E-state index contributed by atoms with van der Waals surface area (Å²) in [6.45, 7) is 4.78. The quantitative estimate of drug-likeness (QED) is 0.399. The lowest BCUT2D eigenvalue weighted by atomic mass is 10.1. The predicted molar refractivity (Wildman–Crippen MR) is 147 cm³/mol. The predicted octanol–water partition coefficient (Wildman–Crippen LogP) is 4.97. The monoisotopic (exact) mass is 561 g/mol. The zero-order chi connectivity index (χ0) is 27.3. The van der Waals surface area contributed by atoms with Gasteiger partial charge in [0.05, 0.1) is 20.6 Å². The SMILES string of the molecule is CNC(=O)[C@@H](C)N(Cc1ccc(Cl)c(Cl)c1)C(=O)CN(c1cccc(C)c1C)S(=O)(=O)c1ccccc1. The van der Waals surface area contributed by atoms with Crippen LogP contribution in [0.5, 0.6) is 0 Å². The topological polar surface area (TPSA) is 86.8 Å². The number of nitrogens with one attached hydrogen (secondary N) is 1. The summed E-state index contributed by atoms with van der Waals surface area (Å²) >= 11 is 12.2. The molecule has 0 fully saturated rings. The fourth-order valence-electron chi connectivity index (χ4n) is 3.87. The summed E-state index contributed by atoms with van der Waals surface area (Å²) in [4.78, 5) is 27.7. The number of rotatable bonds is 9. The van der Waals surface area contributed by atoms with Crippen LogP contribution in [-0.2, 0) is 26.2 Å². The van der Waals surface area contributed by atoms with Gasteiger partial charge in [0.1, 0.15) is 12.6 Å². The Labute approximate surface area is 228 Å². The molecule has 3 aromatic rings. The van der Waals surface area contributed by atoms with Crippen molar-refractivity contribution in [3.05, 3.63) is 93.5 Å². The number of amides is 2. The maximum atomic E-state index is 13.8. The second-order valence-corrected chi connectivity index (χ2v) is 11.3. The molecule has 0 saturated heterocycles. The molecule has 2 amide bonds. The van der Waals surface area contributed by atoms with Gasteiger partial charge < -0.3 is 10.2 Å². The first-order chi connectivity index (χ1) is 17.5. The Balaban J connectivity index is 2.07. The lowest BCUT2D eigenvalue weighted by Gasteiger charge is -2.32. The zero-order valence-corrected chi connectivity index (χ0v) is 23.4. The average Bonchev–Trinajstić information content (AvgIpc) is 2.89. The standard InChI is InChI=1S/C27H29Cl2N3O4S/c1-18-9-8-12-25(19(18)2)32(37(35,36)22-10-6-5-7-11-22)17-26(33)31(20(3)27(34)30-4)16-21-13-14-23(28)24(29)15-21/h5-15,20H,16-17H2,1-4H3,(H,30,34)/t20-/m1/s1. The Morgan fingerprint density at radius 3 is 2.24 bits per heavy atom. The van der Waals surface area contributed by atoms with Crippen LogP contribution in [0.3, 0.4) is 0 Å². The number of anilines is 1. The molecular weight excluding hydrogens is 533 g/mol. The molecule has 0 aromatic heterocycles. The molecule has 0 bridgehead atoms. The van der Waals surface area contributed by atoms with E-state index >= 15 is 0 Å². The van der Waals surface area contributed by atoms with Gasteiger partial charge in [-0.1, -0.05) is 59.6 Å². The van der Waals surface area contributed by atoms with E-state index in [-0.39, 0.29) is 11.4 Å². The Morgan fingerprint density at radius 2 is 1.62 bits per heavy atom. The molecule has 37 heavy (non-hydrogen) atoms. The first kappa shape index (κ1) is 28.5. The van der Waals surface area contributed by atoms with Gasteiger partial charge in [-0.3, -0.25) is 13.9 Å². The highest BCUT2D eigenvalue weighted by Gasteiger charge is 2.33. The largest absolute Gasteiger partial charge is 0.357 e. The van der Waals surface area contributed by atoms with Gasteiger partial charge in [-0.15, -0.1) is 0 Å². The molecule has 0 radical (unpaired) electrons. The number of likely N-dealkylation sites (N-methyl/N-ethyl adjacent to an activating group) is 1. The van der Waals surface area contributed by atoms with E-state index in [9.17, 15) is 18.0 Å². The van der Waals surface area contributed by atoms with Crippen LogP contribution in [-0.4, -0.2) is 44.8 Å². The molecule has 1 atom stereocenters. The molecular formula is C27H29Cl2N3O4S. The number of aryl methyl sites for hydroxylation is 1. The van der Waals surface area contributed by atoms with Gasteiger partial charge in [0.15, 0.2) is 0 Å². The van der Waals surface area contributed by atoms with Crippen LogP contribution in [0.2, 0.25) is 10.0 Å². The maximum Gasteiger partial charge on any atom is 0.264 e. The van der Waals surface area contributed by atoms with Crippen LogP contribution < -0.4 is 9.62 Å². The highest BCUT2D eigenvalue weighted by atomic mass is 35.5. The minimum Gasteiger partial charge on any atom is -0.357 e. The Morgan fingerprint density at radius 1 is 0.946 bits per heavy atom. The van der Waals surface area contributed by atoms with Crippen LogP contribution in [0.4, 0.5) is 5.69 Å². The van der Waals surface area contributed by atoms with E-state index in [1.807, 2.05) is 19.9 Å². The van der Waals surface area contributed by atoms with Crippen molar-refractivity contribution < 1.29 is 18.0 Å². The number of sulfonamides is 1. The highest BCUT2D eigenvalue weighted by Crippen LogP contribution is 2.29. The first-order valence-electron chi connectivity index (χ1n) is 11.6. The second-order valence-electron chi connectivity index (χ2n) is 8.60. The summed E-state index contributed by atoms with van der Waals surface area (Å²) in [5.41, 5.74) is 2.64. The van der Waals surface area contributed by atoms with Crippen molar-refractivity contribution >= 4 is 50.7 Å². The van der Waals surface area contributed by atoms with E-state index in [0.29, 0.717) is 21.3 Å². The van der Waals surface area contributed by atoms with E-state index in [2.05, 4.69) is 5.32 Å². The Kier molecular flexibility index (Phi) is 9.23. The normalized spacial score (nSPS) is 12.1. The molecule has 0 aliphatic carbocycles. The summed E-state index contributed by atoms with van der Waals surface area (Å²) in [7, 11) is -2.64. The van der Waals surface area contributed by atoms with Crippen molar-refractivity contribution in [2.45, 2.75) is 38.3 Å². The highest BCUT2D eigenvalue weighted by molar-refractivity contribution is 7.92. The summed E-state index contributed by atoms with van der Waals surface area (Å²) in [5, 5.41) is 3.22. The molecule has 3 rings (SSSR count). The fraction of sp³-hybridized carbons (Fsp3) is 0.259. The van der Waals surface area contributed by atoms with Crippen molar-refractivity contribution in [2.24, 2.45) is 0 Å². The third-order valence-corrected chi connectivity index (χ3v) is 8.72. The van der Waals surface area contributed by atoms with Gasteiger partial charge in [0.25, 0.3) is 10.0 Å². The molecule has 10 heteroatoms. The summed E-state index contributed by atoms with van der Waals surface area (Å²) in [5.74, 6) is -0.944. The van der Waals surface area contributed by atoms with Gasteiger partial charge in [-0.25, -0.2) is 8.42 Å². The van der Waals surface area contributed by atoms with E-state index in [0.717, 1.165) is 15.4 Å². The van der Waals surface area contributed by atoms with Gasteiger partial charge in [-0.2, -0.15) is 0 Å². The molecule has 0 spiro atoms. The smallest absolute Gasteiger partial charge is 0.264 e. The molecule has 196 valence electrons. The van der Waals surface area contributed by atoms with Crippen LogP contribution in [0.1, 0.15) is 23.6 Å². The number of hydrogen-bond acceptors (Lipinski definition) is 4. The van der Waals surface area contributed by atoms with Crippen LogP contribution >= 0.6 is 23.2 Å². The van der Waals surface area contributed by atoms with Gasteiger partial charge >= 0.3 is 0 Å². The summed E-state index contributed by atoms with van der Waals surface area (Å²) < 4.78 is 28.7. The lowest BCUT2D eigenvalue weighted by molar-refractivity contribution is -0.139. The van der Waals surface area contributed by atoms with Crippen LogP contribution in [0.15, 0.2) is 71.6 Å². The van der Waals surface area contributed by atoms with Gasteiger partial charge in [0, 0.05) is 13.6 Å². The van der Waals surface area contributed by atoms with E-state index < -0.39 is 34.4 Å². The molecule has 7 nitrogen and oxygen atoms in total. The van der Waals surface area contributed by atoms with E-state index in [1.54, 1.807) is 55.5 Å². The van der Waals surface area contributed by atoms with E-state index in [1.165, 1.54) is 24.1 Å². The molecule has 0 unspecified atom stereocenters. The molecule has 0 saturated carbocycles. The number of hydrogen-bond donors (Lipinski definition) is 1. The average molecular weight is 563 g/mol. The maximum absolute atomic E-state index is 13.8. The summed E-state index contributed by atoms with van der Waals surface area (Å²) in [6.07, 6.45) is 0. The van der Waals surface area contributed by atoms with Gasteiger partial charge in [-0.05, 0) is 67.8 Å². The number of carbonyl (C=O) groups is 2. The number of halogens is 2. The minimum atomic E-state index is -4.11. The molecule has 0 heterocycles. The molecule has 3 aromatic carbocycles. The first-order valence-corrected chi connectivity index (χ1v) is 13.8. The molecule has 1 N–H and O–H groups in total. The number of carbonyl (C=O) groups excluding carboxylic acids is 2. The summed E-state index contributed by atoms with van der Waals surface area (Å²) in [6, 6.07) is 17.3. The minimum absolute atomic E-state index is 0.0241. The number of nitrogens with zero attached hydrogens (tertiary/aromatic N) is 2. The van der Waals surface area contributed by atoms with Gasteiger partial charge in [0.2, 0.25) is 11.8 Å². The molecule has 0 aliphatic rings. The zero-order valence-electron chi connectivity index (χ0n) is 21.0. The van der Waals surface area contributed by atoms with E-state index in [4.69, 9.17) is 23.2 Å². The van der Waals surface area contributed by atoms with Crippen LogP contribution in [0, 0.1) is 13.8 Å². The second kappa shape index (κ2) is 12.0. The Hall–Kier alpha value is -3.07. The lowest BCUT2D eigenvalue weighted by Crippen LogP contribution is -2.50. The fourth-order valence-corrected chi connectivity index (χ4v) is 5.68. The van der Waals surface area contributed by atoms with Crippen molar-refractivity contribution in [3.8, 4) is 0 Å².